The zero-order valence-electron chi connectivity index (χ0n) is 15.8. The van der Waals surface area contributed by atoms with Crippen LogP contribution in [0.2, 0.25) is 0 Å². The van der Waals surface area contributed by atoms with Gasteiger partial charge in [0.2, 0.25) is 5.91 Å². The third kappa shape index (κ3) is 6.51. The summed E-state index contributed by atoms with van der Waals surface area (Å²) in [5.41, 5.74) is 5.85. The smallest absolute Gasteiger partial charge is 0.254 e. The molecular weight excluding hydrogens is 385 g/mol. The first-order valence-electron chi connectivity index (χ1n) is 8.71. The minimum Gasteiger partial charge on any atom is -0.492 e. The molecule has 2 rings (SSSR count). The molecule has 6 nitrogen and oxygen atoms in total. The number of carbonyl (C=O) groups is 2. The fraction of sp³-hybridized carbons (Fsp3) is 0.300. The second-order valence-corrected chi connectivity index (χ2v) is 6.33. The highest BCUT2D eigenvalue weighted by atomic mass is 35.5. The van der Waals surface area contributed by atoms with Crippen LogP contribution in [0.5, 0.6) is 5.75 Å². The van der Waals surface area contributed by atoms with E-state index in [9.17, 15) is 14.0 Å². The molecule has 0 bridgehead atoms. The Hall–Kier alpha value is -2.64. The molecule has 0 radical (unpaired) electrons. The Balaban J connectivity index is 0.00000392. The van der Waals surface area contributed by atoms with Gasteiger partial charge in [0, 0.05) is 12.2 Å². The molecule has 0 saturated carbocycles. The quantitative estimate of drug-likeness (QED) is 0.624. The van der Waals surface area contributed by atoms with Gasteiger partial charge in [-0.25, -0.2) is 4.39 Å². The van der Waals surface area contributed by atoms with Gasteiger partial charge in [0.25, 0.3) is 5.91 Å². The molecule has 2 aromatic rings. The summed E-state index contributed by atoms with van der Waals surface area (Å²) < 4.78 is 19.2. The van der Waals surface area contributed by atoms with Gasteiger partial charge in [-0.15, -0.1) is 12.4 Å². The van der Waals surface area contributed by atoms with E-state index in [0.717, 1.165) is 0 Å². The number of amides is 2. The Kier molecular flexibility index (Phi) is 9.41. The standard InChI is InChI=1S/C20H24FN3O3.ClH/c1-13(2)18(24-19(25)16-5-3-4-6-17(16)21)20(26)23-14-7-9-15(10-8-14)27-12-11-22;/h3-10,13,18H,11-12,22H2,1-2H3,(H,23,26)(H,24,25);1H. The number of anilines is 1. The fourth-order valence-electron chi connectivity index (χ4n) is 2.43. The first-order valence-corrected chi connectivity index (χ1v) is 8.71. The summed E-state index contributed by atoms with van der Waals surface area (Å²) in [7, 11) is 0. The zero-order chi connectivity index (χ0) is 19.8. The number of benzene rings is 2. The van der Waals surface area contributed by atoms with Gasteiger partial charge in [0.15, 0.2) is 0 Å². The second-order valence-electron chi connectivity index (χ2n) is 6.33. The summed E-state index contributed by atoms with van der Waals surface area (Å²) in [6.45, 7) is 4.42. The summed E-state index contributed by atoms with van der Waals surface area (Å²) in [6.07, 6.45) is 0. The van der Waals surface area contributed by atoms with Crippen LogP contribution >= 0.6 is 12.4 Å². The molecule has 1 atom stereocenters. The Morgan fingerprint density at radius 2 is 1.75 bits per heavy atom. The average molecular weight is 410 g/mol. The van der Waals surface area contributed by atoms with Crippen molar-refractivity contribution >= 4 is 29.9 Å². The van der Waals surface area contributed by atoms with E-state index in [2.05, 4.69) is 10.6 Å². The van der Waals surface area contributed by atoms with Crippen LogP contribution in [0.4, 0.5) is 10.1 Å². The van der Waals surface area contributed by atoms with Gasteiger partial charge in [-0.1, -0.05) is 26.0 Å². The summed E-state index contributed by atoms with van der Waals surface area (Å²) in [5, 5.41) is 5.35. The van der Waals surface area contributed by atoms with Crippen LogP contribution in [0, 0.1) is 11.7 Å². The van der Waals surface area contributed by atoms with E-state index >= 15 is 0 Å². The molecule has 0 aliphatic rings. The molecule has 2 aromatic carbocycles. The highest BCUT2D eigenvalue weighted by molar-refractivity contribution is 6.01. The lowest BCUT2D eigenvalue weighted by molar-refractivity contribution is -0.118. The van der Waals surface area contributed by atoms with Gasteiger partial charge in [-0.3, -0.25) is 9.59 Å². The predicted octanol–water partition coefficient (Wildman–Crippen LogP) is 2.98. The molecule has 1 unspecified atom stereocenters. The third-order valence-corrected chi connectivity index (χ3v) is 3.86. The van der Waals surface area contributed by atoms with Crippen LogP contribution in [-0.4, -0.2) is 31.0 Å². The van der Waals surface area contributed by atoms with E-state index in [0.29, 0.717) is 24.6 Å². The van der Waals surface area contributed by atoms with Crippen LogP contribution in [0.15, 0.2) is 48.5 Å². The van der Waals surface area contributed by atoms with E-state index in [1.54, 1.807) is 44.2 Å². The van der Waals surface area contributed by atoms with Gasteiger partial charge in [0.05, 0.1) is 5.56 Å². The maximum atomic E-state index is 13.8. The molecule has 0 aliphatic carbocycles. The molecule has 0 heterocycles. The minimum absolute atomic E-state index is 0. The molecule has 0 spiro atoms. The van der Waals surface area contributed by atoms with Crippen molar-refractivity contribution in [2.24, 2.45) is 11.7 Å². The fourth-order valence-corrected chi connectivity index (χ4v) is 2.43. The lowest BCUT2D eigenvalue weighted by Gasteiger charge is -2.22. The van der Waals surface area contributed by atoms with Crippen molar-refractivity contribution in [3.8, 4) is 5.75 Å². The Bertz CT molecular complexity index is 785. The third-order valence-electron chi connectivity index (χ3n) is 3.86. The van der Waals surface area contributed by atoms with Gasteiger partial charge in [-0.2, -0.15) is 0 Å². The average Bonchev–Trinajstić information content (AvgIpc) is 2.65. The molecule has 0 aromatic heterocycles. The highest BCUT2D eigenvalue weighted by Gasteiger charge is 2.25. The molecule has 0 fully saturated rings. The number of hydrogen-bond donors (Lipinski definition) is 3. The van der Waals surface area contributed by atoms with Crippen LogP contribution in [0.25, 0.3) is 0 Å². The normalized spacial score (nSPS) is 11.3. The van der Waals surface area contributed by atoms with Crippen molar-refractivity contribution in [1.82, 2.24) is 5.32 Å². The van der Waals surface area contributed by atoms with Crippen molar-refractivity contribution < 1.29 is 18.7 Å². The Labute approximate surface area is 170 Å². The molecule has 0 saturated heterocycles. The van der Waals surface area contributed by atoms with Gasteiger partial charge in [-0.05, 0) is 42.3 Å². The van der Waals surface area contributed by atoms with Crippen LogP contribution in [0.3, 0.4) is 0 Å². The predicted molar refractivity (Wildman–Crippen MR) is 109 cm³/mol. The minimum atomic E-state index is -0.815. The van der Waals surface area contributed by atoms with Crippen molar-refractivity contribution in [3.05, 3.63) is 59.9 Å². The molecule has 152 valence electrons. The molecule has 2 amide bonds. The summed E-state index contributed by atoms with van der Waals surface area (Å²) in [5.74, 6) is -1.19. The van der Waals surface area contributed by atoms with Crippen molar-refractivity contribution in [2.45, 2.75) is 19.9 Å². The maximum absolute atomic E-state index is 13.8. The number of halogens is 2. The van der Waals surface area contributed by atoms with Crippen molar-refractivity contribution in [2.75, 3.05) is 18.5 Å². The molecular formula is C20H25ClFN3O3. The lowest BCUT2D eigenvalue weighted by Crippen LogP contribution is -2.47. The number of carbonyl (C=O) groups excluding carboxylic acids is 2. The largest absolute Gasteiger partial charge is 0.492 e. The van der Waals surface area contributed by atoms with E-state index in [1.807, 2.05) is 0 Å². The lowest BCUT2D eigenvalue weighted by atomic mass is 10.0. The van der Waals surface area contributed by atoms with E-state index in [4.69, 9.17) is 10.5 Å². The Morgan fingerprint density at radius 3 is 2.32 bits per heavy atom. The van der Waals surface area contributed by atoms with Crippen LogP contribution < -0.4 is 21.1 Å². The van der Waals surface area contributed by atoms with Crippen LogP contribution in [-0.2, 0) is 4.79 Å². The number of nitrogens with one attached hydrogen (secondary N) is 2. The Morgan fingerprint density at radius 1 is 1.11 bits per heavy atom. The molecule has 28 heavy (non-hydrogen) atoms. The first kappa shape index (κ1) is 23.4. The van der Waals surface area contributed by atoms with E-state index in [1.165, 1.54) is 18.2 Å². The van der Waals surface area contributed by atoms with Crippen molar-refractivity contribution in [1.29, 1.82) is 0 Å². The van der Waals surface area contributed by atoms with Gasteiger partial charge in [0.1, 0.15) is 24.2 Å². The maximum Gasteiger partial charge on any atom is 0.254 e. The van der Waals surface area contributed by atoms with E-state index < -0.39 is 17.8 Å². The summed E-state index contributed by atoms with van der Waals surface area (Å²) in [6, 6.07) is 11.6. The molecule has 4 N–H and O–H groups in total. The van der Waals surface area contributed by atoms with Crippen molar-refractivity contribution in [3.63, 3.8) is 0 Å². The number of ether oxygens (including phenoxy) is 1. The second kappa shape index (κ2) is 11.3. The van der Waals surface area contributed by atoms with Gasteiger partial charge < -0.3 is 21.1 Å². The first-order chi connectivity index (χ1) is 12.9. The number of hydrogen-bond acceptors (Lipinski definition) is 4. The molecule has 8 heteroatoms. The monoisotopic (exact) mass is 409 g/mol. The highest BCUT2D eigenvalue weighted by Crippen LogP contribution is 2.17. The zero-order valence-corrected chi connectivity index (χ0v) is 16.6. The number of rotatable bonds is 8. The number of nitrogens with two attached hydrogens (primary N) is 1. The molecule has 0 aliphatic heterocycles. The topological polar surface area (TPSA) is 93.5 Å². The summed E-state index contributed by atoms with van der Waals surface area (Å²) >= 11 is 0. The SMILES string of the molecule is CC(C)C(NC(=O)c1ccccc1F)C(=O)Nc1ccc(OCCN)cc1.Cl. The van der Waals surface area contributed by atoms with Crippen LogP contribution in [0.1, 0.15) is 24.2 Å². The summed E-state index contributed by atoms with van der Waals surface area (Å²) in [4.78, 5) is 24.9. The van der Waals surface area contributed by atoms with Gasteiger partial charge >= 0.3 is 0 Å². The van der Waals surface area contributed by atoms with E-state index in [-0.39, 0.29) is 29.8 Å².